The average Bonchev–Trinajstić information content (AvgIpc) is 2.69. The smallest absolute Gasteiger partial charge is 0.345 e. The highest BCUT2D eigenvalue weighted by atomic mass is 35.5. The molecule has 3 aromatic rings. The summed E-state index contributed by atoms with van der Waals surface area (Å²) >= 11 is 23.6. The van der Waals surface area contributed by atoms with Crippen LogP contribution in [-0.4, -0.2) is 18.1 Å². The van der Waals surface area contributed by atoms with E-state index < -0.39 is 11.9 Å². The molecule has 0 atom stereocenters. The van der Waals surface area contributed by atoms with Crippen molar-refractivity contribution in [1.29, 1.82) is 0 Å². The summed E-state index contributed by atoms with van der Waals surface area (Å²) in [7, 11) is 0. The number of hydrogen-bond acceptors (Lipinski definition) is 4. The second-order valence-corrected chi connectivity index (χ2v) is 7.59. The third kappa shape index (κ3) is 5.74. The molecule has 0 heterocycles. The molecule has 5 nitrogen and oxygen atoms in total. The summed E-state index contributed by atoms with van der Waals surface area (Å²) in [5, 5.41) is 5.16. The lowest BCUT2D eigenvalue weighted by Gasteiger charge is -2.06. The maximum absolute atomic E-state index is 12.2. The Kier molecular flexibility index (Phi) is 7.34. The van der Waals surface area contributed by atoms with E-state index in [1.807, 2.05) is 0 Å². The van der Waals surface area contributed by atoms with Gasteiger partial charge in [-0.1, -0.05) is 46.4 Å². The van der Waals surface area contributed by atoms with Crippen molar-refractivity contribution in [1.82, 2.24) is 5.43 Å². The zero-order valence-electron chi connectivity index (χ0n) is 15.0. The Morgan fingerprint density at radius 3 is 1.93 bits per heavy atom. The predicted octanol–water partition coefficient (Wildman–Crippen LogP) is 6.28. The number of rotatable bonds is 5. The number of hydrazone groups is 1. The van der Waals surface area contributed by atoms with Crippen molar-refractivity contribution < 1.29 is 14.3 Å². The minimum absolute atomic E-state index is 0.202. The molecular formula is C21H12Cl4N2O3. The number of nitrogens with one attached hydrogen (secondary N) is 1. The molecule has 0 aliphatic rings. The first kappa shape index (κ1) is 22.1. The van der Waals surface area contributed by atoms with Gasteiger partial charge >= 0.3 is 5.97 Å². The summed E-state index contributed by atoms with van der Waals surface area (Å²) in [5.74, 6) is -0.761. The predicted molar refractivity (Wildman–Crippen MR) is 119 cm³/mol. The van der Waals surface area contributed by atoms with E-state index in [1.165, 1.54) is 30.5 Å². The van der Waals surface area contributed by atoms with Gasteiger partial charge in [0.15, 0.2) is 0 Å². The zero-order valence-corrected chi connectivity index (χ0v) is 18.1. The van der Waals surface area contributed by atoms with Crippen molar-refractivity contribution >= 4 is 64.5 Å². The second-order valence-electron chi connectivity index (χ2n) is 5.91. The third-order valence-electron chi connectivity index (χ3n) is 3.80. The fourth-order valence-corrected chi connectivity index (χ4v) is 3.32. The number of amides is 1. The molecule has 0 radical (unpaired) electrons. The molecule has 3 rings (SSSR count). The van der Waals surface area contributed by atoms with Crippen LogP contribution in [0.5, 0.6) is 5.75 Å². The van der Waals surface area contributed by atoms with E-state index in [1.54, 1.807) is 36.4 Å². The number of nitrogens with zero attached hydrogens (tertiary/aromatic N) is 1. The first-order valence-electron chi connectivity index (χ1n) is 8.39. The third-order valence-corrected chi connectivity index (χ3v) is 4.89. The summed E-state index contributed by atoms with van der Waals surface area (Å²) in [5.41, 5.74) is 3.50. The van der Waals surface area contributed by atoms with Gasteiger partial charge in [0.05, 0.1) is 27.4 Å². The zero-order chi connectivity index (χ0) is 21.7. The van der Waals surface area contributed by atoms with Crippen molar-refractivity contribution in [2.45, 2.75) is 0 Å². The van der Waals surface area contributed by atoms with Crippen LogP contribution < -0.4 is 10.2 Å². The van der Waals surface area contributed by atoms with Crippen molar-refractivity contribution in [3.05, 3.63) is 97.4 Å². The molecule has 152 valence electrons. The molecule has 0 aliphatic carbocycles. The Labute approximate surface area is 192 Å². The Hall–Kier alpha value is -2.57. The molecule has 0 bridgehead atoms. The van der Waals surface area contributed by atoms with Gasteiger partial charge in [0.2, 0.25) is 0 Å². The minimum atomic E-state index is -0.606. The Morgan fingerprint density at radius 2 is 1.37 bits per heavy atom. The highest BCUT2D eigenvalue weighted by Gasteiger charge is 2.13. The maximum Gasteiger partial charge on any atom is 0.345 e. The van der Waals surface area contributed by atoms with E-state index in [9.17, 15) is 9.59 Å². The van der Waals surface area contributed by atoms with E-state index in [2.05, 4.69) is 10.5 Å². The lowest BCUT2D eigenvalue weighted by atomic mass is 10.2. The van der Waals surface area contributed by atoms with Crippen molar-refractivity contribution in [3.63, 3.8) is 0 Å². The molecule has 3 aromatic carbocycles. The fourth-order valence-electron chi connectivity index (χ4n) is 2.34. The van der Waals surface area contributed by atoms with Crippen LogP contribution in [0.1, 0.15) is 26.3 Å². The van der Waals surface area contributed by atoms with Crippen LogP contribution in [-0.2, 0) is 0 Å². The lowest BCUT2D eigenvalue weighted by Crippen LogP contribution is -2.18. The molecule has 1 amide bonds. The molecule has 0 unspecified atom stereocenters. The Morgan fingerprint density at radius 1 is 0.800 bits per heavy atom. The van der Waals surface area contributed by atoms with Crippen LogP contribution in [0.25, 0.3) is 0 Å². The minimum Gasteiger partial charge on any atom is -0.423 e. The number of halogens is 4. The van der Waals surface area contributed by atoms with Gasteiger partial charge in [0, 0.05) is 10.0 Å². The largest absolute Gasteiger partial charge is 0.423 e. The van der Waals surface area contributed by atoms with Gasteiger partial charge in [-0.05, 0) is 66.2 Å². The quantitative estimate of drug-likeness (QED) is 0.201. The van der Waals surface area contributed by atoms with Crippen LogP contribution in [0.15, 0.2) is 65.8 Å². The molecular weight excluding hydrogens is 470 g/mol. The number of carbonyl (C=O) groups is 2. The van der Waals surface area contributed by atoms with Gasteiger partial charge in [0.1, 0.15) is 5.75 Å². The summed E-state index contributed by atoms with van der Waals surface area (Å²) in [4.78, 5) is 24.3. The van der Waals surface area contributed by atoms with E-state index in [0.29, 0.717) is 21.4 Å². The topological polar surface area (TPSA) is 67.8 Å². The van der Waals surface area contributed by atoms with Gasteiger partial charge in [0.25, 0.3) is 5.91 Å². The monoisotopic (exact) mass is 480 g/mol. The lowest BCUT2D eigenvalue weighted by molar-refractivity contribution is 0.0734. The highest BCUT2D eigenvalue weighted by molar-refractivity contribution is 6.37. The van der Waals surface area contributed by atoms with Gasteiger partial charge in [-0.25, -0.2) is 10.2 Å². The van der Waals surface area contributed by atoms with Gasteiger partial charge in [-0.2, -0.15) is 5.10 Å². The highest BCUT2D eigenvalue weighted by Crippen LogP contribution is 2.23. The first-order valence-corrected chi connectivity index (χ1v) is 9.90. The van der Waals surface area contributed by atoms with E-state index >= 15 is 0 Å². The summed E-state index contributed by atoms with van der Waals surface area (Å²) < 4.78 is 5.29. The van der Waals surface area contributed by atoms with E-state index in [4.69, 9.17) is 51.1 Å². The number of carbonyl (C=O) groups excluding carboxylic acids is 2. The number of hydrogen-bond donors (Lipinski definition) is 1. The molecule has 0 aromatic heterocycles. The Balaban J connectivity index is 1.60. The van der Waals surface area contributed by atoms with Crippen LogP contribution in [0, 0.1) is 0 Å². The number of benzene rings is 3. The number of esters is 1. The van der Waals surface area contributed by atoms with Gasteiger partial charge in [-0.3, -0.25) is 4.79 Å². The van der Waals surface area contributed by atoms with Gasteiger partial charge < -0.3 is 4.74 Å². The van der Waals surface area contributed by atoms with Crippen molar-refractivity contribution in [2.75, 3.05) is 0 Å². The molecule has 30 heavy (non-hydrogen) atoms. The molecule has 1 N–H and O–H groups in total. The van der Waals surface area contributed by atoms with E-state index in [0.717, 1.165) is 0 Å². The van der Waals surface area contributed by atoms with Crippen LogP contribution in [0.2, 0.25) is 20.1 Å². The first-order chi connectivity index (χ1) is 14.3. The van der Waals surface area contributed by atoms with E-state index in [-0.39, 0.29) is 21.2 Å². The van der Waals surface area contributed by atoms with Crippen LogP contribution in [0.3, 0.4) is 0 Å². The van der Waals surface area contributed by atoms with Crippen LogP contribution in [0.4, 0.5) is 0 Å². The van der Waals surface area contributed by atoms with Crippen LogP contribution >= 0.6 is 46.4 Å². The standard InChI is InChI=1S/C21H12Cl4N2O3/c22-13-3-7-16(18(24)9-13)20(28)27-26-11-12-1-5-15(6-2-12)30-21(29)17-8-4-14(23)10-19(17)25/h1-11H,(H,27,28). The molecule has 0 spiro atoms. The molecule has 0 saturated carbocycles. The van der Waals surface area contributed by atoms with Gasteiger partial charge in [-0.15, -0.1) is 0 Å². The Bertz CT molecular complexity index is 1130. The molecule has 0 fully saturated rings. The summed E-state index contributed by atoms with van der Waals surface area (Å²) in [6.07, 6.45) is 1.43. The normalized spacial score (nSPS) is 10.8. The average molecular weight is 482 g/mol. The van der Waals surface area contributed by atoms with Crippen molar-refractivity contribution in [3.8, 4) is 5.75 Å². The molecule has 9 heteroatoms. The number of ether oxygens (including phenoxy) is 1. The van der Waals surface area contributed by atoms with Crippen molar-refractivity contribution in [2.24, 2.45) is 5.10 Å². The maximum atomic E-state index is 12.2. The molecule has 0 saturated heterocycles. The second kappa shape index (κ2) is 9.96. The summed E-state index contributed by atoms with van der Waals surface area (Å²) in [6, 6.07) is 15.5. The fraction of sp³-hybridized carbons (Fsp3) is 0. The molecule has 0 aliphatic heterocycles. The SMILES string of the molecule is O=C(NN=Cc1ccc(OC(=O)c2ccc(Cl)cc2Cl)cc1)c1ccc(Cl)cc1Cl. The summed E-state index contributed by atoms with van der Waals surface area (Å²) in [6.45, 7) is 0.